The summed E-state index contributed by atoms with van der Waals surface area (Å²) in [6, 6.07) is 11.9. The number of nitro benzene ring substituents is 1. The Labute approximate surface area is 174 Å². The fraction of sp³-hybridized carbons (Fsp3) is 0.364. The van der Waals surface area contributed by atoms with Gasteiger partial charge in [0.25, 0.3) is 11.6 Å². The first-order valence-electron chi connectivity index (χ1n) is 10.1. The smallest absolute Gasteiger partial charge is 0.341 e. The molecule has 2 aromatic carbocycles. The topological polar surface area (TPSA) is 93.0 Å². The summed E-state index contributed by atoms with van der Waals surface area (Å²) in [6.07, 6.45) is 3.88. The standard InChI is InChI=1S/C22H23N3O5/c26-21(24-13-10-16-6-2-3-7-19(16)24)15-30-22(27)18-14-17(25(28)29)8-9-20(18)23-11-4-1-5-12-23/h2-3,6-9,14H,1,4-5,10-13,15H2. The highest BCUT2D eigenvalue weighted by molar-refractivity contribution is 6.00. The van der Waals surface area contributed by atoms with E-state index in [-0.39, 0.29) is 17.2 Å². The highest BCUT2D eigenvalue weighted by Crippen LogP contribution is 2.30. The first-order chi connectivity index (χ1) is 14.5. The quantitative estimate of drug-likeness (QED) is 0.427. The number of non-ortho nitro benzene ring substituents is 1. The Kier molecular flexibility index (Phi) is 5.65. The lowest BCUT2D eigenvalue weighted by atomic mass is 10.1. The zero-order chi connectivity index (χ0) is 21.1. The molecule has 0 unspecified atom stereocenters. The molecule has 4 rings (SSSR count). The van der Waals surface area contributed by atoms with Crippen molar-refractivity contribution in [3.8, 4) is 0 Å². The number of carbonyl (C=O) groups is 2. The fourth-order valence-electron chi connectivity index (χ4n) is 4.09. The zero-order valence-electron chi connectivity index (χ0n) is 16.6. The van der Waals surface area contributed by atoms with Gasteiger partial charge in [-0.2, -0.15) is 0 Å². The third-order valence-corrected chi connectivity index (χ3v) is 5.62. The van der Waals surface area contributed by atoms with Crippen LogP contribution in [0.25, 0.3) is 0 Å². The summed E-state index contributed by atoms with van der Waals surface area (Å²) in [5.41, 5.74) is 2.48. The third kappa shape index (κ3) is 3.98. The number of anilines is 2. The van der Waals surface area contributed by atoms with E-state index in [2.05, 4.69) is 0 Å². The number of rotatable bonds is 5. The summed E-state index contributed by atoms with van der Waals surface area (Å²) in [6.45, 7) is 1.70. The average molecular weight is 409 g/mol. The maximum absolute atomic E-state index is 12.8. The fourth-order valence-corrected chi connectivity index (χ4v) is 4.09. The molecule has 0 bridgehead atoms. The molecule has 8 heteroatoms. The monoisotopic (exact) mass is 409 g/mol. The normalized spacial score (nSPS) is 15.6. The number of esters is 1. The molecule has 8 nitrogen and oxygen atoms in total. The number of para-hydroxylation sites is 1. The van der Waals surface area contributed by atoms with Gasteiger partial charge >= 0.3 is 5.97 Å². The molecule has 1 fully saturated rings. The molecule has 0 atom stereocenters. The van der Waals surface area contributed by atoms with Gasteiger partial charge in [0.2, 0.25) is 0 Å². The van der Waals surface area contributed by atoms with Crippen molar-refractivity contribution in [3.05, 3.63) is 63.7 Å². The van der Waals surface area contributed by atoms with E-state index >= 15 is 0 Å². The van der Waals surface area contributed by atoms with Crippen LogP contribution >= 0.6 is 0 Å². The van der Waals surface area contributed by atoms with Crippen molar-refractivity contribution in [3.63, 3.8) is 0 Å². The van der Waals surface area contributed by atoms with E-state index in [9.17, 15) is 19.7 Å². The maximum Gasteiger partial charge on any atom is 0.341 e. The van der Waals surface area contributed by atoms with Crippen molar-refractivity contribution >= 4 is 28.9 Å². The van der Waals surface area contributed by atoms with E-state index in [0.29, 0.717) is 12.2 Å². The lowest BCUT2D eigenvalue weighted by Crippen LogP contribution is -2.34. The summed E-state index contributed by atoms with van der Waals surface area (Å²) < 4.78 is 5.30. The van der Waals surface area contributed by atoms with E-state index < -0.39 is 17.5 Å². The van der Waals surface area contributed by atoms with Gasteiger partial charge in [-0.3, -0.25) is 14.9 Å². The molecule has 0 radical (unpaired) electrons. The number of fused-ring (bicyclic) bond motifs is 1. The Morgan fingerprint density at radius 1 is 1.00 bits per heavy atom. The second kappa shape index (κ2) is 8.52. The number of carbonyl (C=O) groups excluding carboxylic acids is 2. The first-order valence-corrected chi connectivity index (χ1v) is 10.1. The van der Waals surface area contributed by atoms with Crippen LogP contribution in [0.4, 0.5) is 17.1 Å². The molecule has 2 aliphatic heterocycles. The van der Waals surface area contributed by atoms with E-state index in [1.807, 2.05) is 29.2 Å². The van der Waals surface area contributed by atoms with E-state index in [1.165, 1.54) is 12.1 Å². The number of hydrogen-bond acceptors (Lipinski definition) is 6. The van der Waals surface area contributed by atoms with Crippen molar-refractivity contribution < 1.29 is 19.2 Å². The maximum atomic E-state index is 12.8. The van der Waals surface area contributed by atoms with Gasteiger partial charge in [-0.25, -0.2) is 4.79 Å². The molecule has 0 N–H and O–H groups in total. The minimum Gasteiger partial charge on any atom is -0.452 e. The summed E-state index contributed by atoms with van der Waals surface area (Å²) in [4.78, 5) is 39.8. The predicted octanol–water partition coefficient (Wildman–Crippen LogP) is 3.33. The second-order valence-electron chi connectivity index (χ2n) is 7.51. The van der Waals surface area contributed by atoms with Gasteiger partial charge in [-0.15, -0.1) is 0 Å². The van der Waals surface area contributed by atoms with Gasteiger partial charge < -0.3 is 14.5 Å². The van der Waals surface area contributed by atoms with Crippen molar-refractivity contribution in [1.82, 2.24) is 0 Å². The van der Waals surface area contributed by atoms with Crippen LogP contribution in [0.5, 0.6) is 0 Å². The van der Waals surface area contributed by atoms with Crippen LogP contribution in [0.2, 0.25) is 0 Å². The summed E-state index contributed by atoms with van der Waals surface area (Å²) in [5, 5.41) is 11.2. The van der Waals surface area contributed by atoms with Crippen molar-refractivity contribution in [2.75, 3.05) is 36.0 Å². The Hall–Kier alpha value is -3.42. The van der Waals surface area contributed by atoms with Crippen molar-refractivity contribution in [2.24, 2.45) is 0 Å². The number of ether oxygens (including phenoxy) is 1. The van der Waals surface area contributed by atoms with Gasteiger partial charge in [-0.05, 0) is 43.4 Å². The lowest BCUT2D eigenvalue weighted by molar-refractivity contribution is -0.384. The summed E-state index contributed by atoms with van der Waals surface area (Å²) in [7, 11) is 0. The minimum absolute atomic E-state index is 0.126. The highest BCUT2D eigenvalue weighted by Gasteiger charge is 2.27. The predicted molar refractivity (Wildman–Crippen MR) is 112 cm³/mol. The van der Waals surface area contributed by atoms with Gasteiger partial charge in [0.05, 0.1) is 16.2 Å². The molecule has 1 amide bonds. The van der Waals surface area contributed by atoms with Crippen molar-refractivity contribution in [1.29, 1.82) is 0 Å². The molecule has 0 spiro atoms. The molecule has 2 heterocycles. The molecule has 0 saturated carbocycles. The molecule has 30 heavy (non-hydrogen) atoms. The van der Waals surface area contributed by atoms with Crippen LogP contribution in [-0.4, -0.2) is 43.0 Å². The van der Waals surface area contributed by atoms with Crippen LogP contribution in [0.15, 0.2) is 42.5 Å². The van der Waals surface area contributed by atoms with Crippen LogP contribution in [0.1, 0.15) is 35.2 Å². The molecular weight excluding hydrogens is 386 g/mol. The third-order valence-electron chi connectivity index (χ3n) is 5.62. The van der Waals surface area contributed by atoms with Crippen LogP contribution in [-0.2, 0) is 16.0 Å². The van der Waals surface area contributed by atoms with Crippen LogP contribution in [0.3, 0.4) is 0 Å². The van der Waals surface area contributed by atoms with Gasteiger partial charge in [-0.1, -0.05) is 18.2 Å². The molecule has 0 aromatic heterocycles. The number of piperidine rings is 1. The minimum atomic E-state index is -0.722. The summed E-state index contributed by atoms with van der Waals surface area (Å²) in [5.74, 6) is -1.03. The zero-order valence-corrected chi connectivity index (χ0v) is 16.6. The molecule has 0 aliphatic carbocycles. The number of nitrogens with zero attached hydrogens (tertiary/aromatic N) is 3. The largest absolute Gasteiger partial charge is 0.452 e. The van der Waals surface area contributed by atoms with Gasteiger partial charge in [0.1, 0.15) is 0 Å². The van der Waals surface area contributed by atoms with Crippen LogP contribution < -0.4 is 9.80 Å². The van der Waals surface area contributed by atoms with Gasteiger partial charge in [0.15, 0.2) is 6.61 Å². The van der Waals surface area contributed by atoms with Crippen molar-refractivity contribution in [2.45, 2.75) is 25.7 Å². The Balaban J connectivity index is 1.50. The molecule has 2 aromatic rings. The highest BCUT2D eigenvalue weighted by atomic mass is 16.6. The average Bonchev–Trinajstić information content (AvgIpc) is 3.21. The summed E-state index contributed by atoms with van der Waals surface area (Å²) >= 11 is 0. The van der Waals surface area contributed by atoms with E-state index in [1.54, 1.807) is 11.0 Å². The SMILES string of the molecule is O=C(OCC(=O)N1CCc2ccccc21)c1cc([N+](=O)[O-])ccc1N1CCCCC1. The number of amides is 1. The van der Waals surface area contributed by atoms with E-state index in [0.717, 1.165) is 50.0 Å². The molecular formula is C22H23N3O5. The Morgan fingerprint density at radius 2 is 1.77 bits per heavy atom. The molecule has 1 saturated heterocycles. The first kappa shape index (κ1) is 19.9. The molecule has 2 aliphatic rings. The number of nitro groups is 1. The Bertz CT molecular complexity index is 984. The van der Waals surface area contributed by atoms with Crippen LogP contribution in [0, 0.1) is 10.1 Å². The Morgan fingerprint density at radius 3 is 2.53 bits per heavy atom. The number of benzene rings is 2. The number of hydrogen-bond donors (Lipinski definition) is 0. The second-order valence-corrected chi connectivity index (χ2v) is 7.51. The van der Waals surface area contributed by atoms with E-state index in [4.69, 9.17) is 4.74 Å². The molecule has 156 valence electrons. The lowest BCUT2D eigenvalue weighted by Gasteiger charge is -2.30. The van der Waals surface area contributed by atoms with Gasteiger partial charge in [0, 0.05) is 37.5 Å².